The summed E-state index contributed by atoms with van der Waals surface area (Å²) >= 11 is 0. The van der Waals surface area contributed by atoms with Crippen LogP contribution in [-0.4, -0.2) is 24.9 Å². The highest BCUT2D eigenvalue weighted by molar-refractivity contribution is 7.85. The highest BCUT2D eigenvalue weighted by Gasteiger charge is 2.14. The van der Waals surface area contributed by atoms with Gasteiger partial charge in [-0.05, 0) is 42.8 Å². The minimum Gasteiger partial charge on any atom is -0.350 e. The summed E-state index contributed by atoms with van der Waals surface area (Å²) in [7, 11) is -4.25. The Morgan fingerprint density at radius 2 is 1.90 bits per heavy atom. The van der Waals surface area contributed by atoms with Crippen LogP contribution in [0.4, 0.5) is 0 Å². The normalized spacial score (nSPS) is 11.8. The Kier molecular flexibility index (Phi) is 3.78. The molecular weight excluding hydrogens is 278 g/mol. The zero-order chi connectivity index (χ0) is 14.9. The van der Waals surface area contributed by atoms with Gasteiger partial charge in [0.1, 0.15) is 0 Å². The van der Waals surface area contributed by atoms with E-state index in [1.54, 1.807) is 18.2 Å². The minimum atomic E-state index is -4.25. The lowest BCUT2D eigenvalue weighted by Crippen LogP contribution is -2.30. The number of benzene rings is 2. The second kappa shape index (κ2) is 5.22. The van der Waals surface area contributed by atoms with Gasteiger partial charge in [-0.15, -0.1) is 0 Å². The van der Waals surface area contributed by atoms with Crippen molar-refractivity contribution in [1.82, 2.24) is 5.32 Å². The lowest BCUT2D eigenvalue weighted by Gasteiger charge is -2.11. The van der Waals surface area contributed by atoms with Crippen LogP contribution in [0.15, 0.2) is 41.3 Å². The maximum Gasteiger partial charge on any atom is 0.294 e. The first kappa shape index (κ1) is 14.5. The molecule has 0 bridgehead atoms. The van der Waals surface area contributed by atoms with E-state index in [4.69, 9.17) is 4.55 Å². The van der Waals surface area contributed by atoms with Gasteiger partial charge in [-0.2, -0.15) is 8.42 Å². The Labute approximate surface area is 117 Å². The maximum atomic E-state index is 12.1. The summed E-state index contributed by atoms with van der Waals surface area (Å²) in [6.07, 6.45) is 0. The van der Waals surface area contributed by atoms with Gasteiger partial charge in [0.25, 0.3) is 16.0 Å². The van der Waals surface area contributed by atoms with E-state index in [1.165, 1.54) is 18.2 Å². The smallest absolute Gasteiger partial charge is 0.294 e. The third kappa shape index (κ3) is 2.97. The van der Waals surface area contributed by atoms with Crippen LogP contribution in [0.25, 0.3) is 10.8 Å². The fourth-order valence-electron chi connectivity index (χ4n) is 1.96. The number of fused-ring (bicyclic) bond motifs is 1. The van der Waals surface area contributed by atoms with E-state index in [1.807, 2.05) is 13.8 Å². The van der Waals surface area contributed by atoms with Gasteiger partial charge in [-0.25, -0.2) is 0 Å². The van der Waals surface area contributed by atoms with Crippen LogP contribution in [0.5, 0.6) is 0 Å². The number of amides is 1. The topological polar surface area (TPSA) is 83.5 Å². The first-order valence-corrected chi connectivity index (χ1v) is 7.54. The number of rotatable bonds is 3. The van der Waals surface area contributed by atoms with Gasteiger partial charge in [0.05, 0.1) is 4.90 Å². The molecule has 2 aromatic rings. The molecule has 0 aliphatic rings. The molecule has 0 aromatic heterocycles. The largest absolute Gasteiger partial charge is 0.350 e. The van der Waals surface area contributed by atoms with Crippen molar-refractivity contribution >= 4 is 26.8 Å². The zero-order valence-electron chi connectivity index (χ0n) is 11.1. The molecule has 0 aliphatic heterocycles. The van der Waals surface area contributed by atoms with Gasteiger partial charge >= 0.3 is 0 Å². The Morgan fingerprint density at radius 3 is 2.50 bits per heavy atom. The predicted octanol–water partition coefficient (Wildman–Crippen LogP) is 2.22. The average molecular weight is 293 g/mol. The van der Waals surface area contributed by atoms with Crippen molar-refractivity contribution in [1.29, 1.82) is 0 Å². The highest BCUT2D eigenvalue weighted by atomic mass is 32.2. The van der Waals surface area contributed by atoms with E-state index in [-0.39, 0.29) is 16.8 Å². The zero-order valence-corrected chi connectivity index (χ0v) is 11.9. The second-order valence-electron chi connectivity index (χ2n) is 4.79. The van der Waals surface area contributed by atoms with Crippen molar-refractivity contribution in [2.75, 3.05) is 0 Å². The molecule has 2 N–H and O–H groups in total. The van der Waals surface area contributed by atoms with Crippen LogP contribution < -0.4 is 5.32 Å². The number of carbonyl (C=O) groups excluding carboxylic acids is 1. The van der Waals surface area contributed by atoms with Crippen LogP contribution in [0, 0.1) is 0 Å². The molecule has 0 saturated carbocycles. The summed E-state index contributed by atoms with van der Waals surface area (Å²) in [5.41, 5.74) is 0.470. The maximum absolute atomic E-state index is 12.1. The molecular formula is C14H15NO4S. The fraction of sp³-hybridized carbons (Fsp3) is 0.214. The minimum absolute atomic E-state index is 0.00912. The summed E-state index contributed by atoms with van der Waals surface area (Å²) in [6.45, 7) is 3.72. The van der Waals surface area contributed by atoms with Gasteiger partial charge < -0.3 is 5.32 Å². The van der Waals surface area contributed by atoms with Crippen molar-refractivity contribution in [2.24, 2.45) is 0 Å². The molecule has 1 amide bonds. The molecule has 5 nitrogen and oxygen atoms in total. The molecule has 6 heteroatoms. The van der Waals surface area contributed by atoms with Crippen LogP contribution in [-0.2, 0) is 10.1 Å². The van der Waals surface area contributed by atoms with Gasteiger partial charge in [-0.3, -0.25) is 9.35 Å². The molecule has 2 rings (SSSR count). The first-order valence-electron chi connectivity index (χ1n) is 6.10. The first-order chi connectivity index (χ1) is 9.29. The van der Waals surface area contributed by atoms with Gasteiger partial charge in [0, 0.05) is 11.6 Å². The summed E-state index contributed by atoms with van der Waals surface area (Å²) in [4.78, 5) is 11.9. The van der Waals surface area contributed by atoms with Crippen LogP contribution >= 0.6 is 0 Å². The molecule has 0 heterocycles. The lowest BCUT2D eigenvalue weighted by atomic mass is 10.0. The number of hydrogen-bond donors (Lipinski definition) is 2. The molecule has 20 heavy (non-hydrogen) atoms. The molecule has 0 atom stereocenters. The van der Waals surface area contributed by atoms with E-state index >= 15 is 0 Å². The van der Waals surface area contributed by atoms with E-state index in [0.29, 0.717) is 16.3 Å². The summed E-state index contributed by atoms with van der Waals surface area (Å²) in [5, 5.41) is 4.01. The van der Waals surface area contributed by atoms with Crippen LogP contribution in [0.2, 0.25) is 0 Å². The second-order valence-corrected chi connectivity index (χ2v) is 6.21. The summed E-state index contributed by atoms with van der Waals surface area (Å²) < 4.78 is 31.3. The Balaban J connectivity index is 2.57. The van der Waals surface area contributed by atoms with Crippen molar-refractivity contribution in [3.63, 3.8) is 0 Å². The summed E-state index contributed by atoms with van der Waals surface area (Å²) in [6, 6.07) is 9.19. The van der Waals surface area contributed by atoms with E-state index in [2.05, 4.69) is 5.32 Å². The van der Waals surface area contributed by atoms with Crippen LogP contribution in [0.1, 0.15) is 24.2 Å². The molecule has 0 unspecified atom stereocenters. The summed E-state index contributed by atoms with van der Waals surface area (Å²) in [5.74, 6) is -0.217. The molecule has 0 radical (unpaired) electrons. The van der Waals surface area contributed by atoms with E-state index < -0.39 is 10.1 Å². The molecule has 2 aromatic carbocycles. The average Bonchev–Trinajstić information content (AvgIpc) is 2.35. The Morgan fingerprint density at radius 1 is 1.20 bits per heavy atom. The van der Waals surface area contributed by atoms with Crippen LogP contribution in [0.3, 0.4) is 0 Å². The van der Waals surface area contributed by atoms with Gasteiger partial charge in [0.2, 0.25) is 0 Å². The Hall–Kier alpha value is -1.92. The number of nitrogens with one attached hydrogen (secondary N) is 1. The Bertz CT molecular complexity index is 766. The molecule has 0 spiro atoms. The van der Waals surface area contributed by atoms with Crippen molar-refractivity contribution in [2.45, 2.75) is 24.8 Å². The van der Waals surface area contributed by atoms with Crippen molar-refractivity contribution < 1.29 is 17.8 Å². The molecule has 0 saturated heterocycles. The molecule has 0 aliphatic carbocycles. The quantitative estimate of drug-likeness (QED) is 0.850. The lowest BCUT2D eigenvalue weighted by molar-refractivity contribution is 0.0945. The standard InChI is InChI=1S/C14H15NO4S/c1-9(2)15-14(16)13-5-3-4-10-8-11(20(17,18)19)6-7-12(10)13/h3-9H,1-2H3,(H,15,16)(H,17,18,19). The number of hydrogen-bond acceptors (Lipinski definition) is 3. The van der Waals surface area contributed by atoms with E-state index in [0.717, 1.165) is 0 Å². The van der Waals surface area contributed by atoms with Crippen molar-refractivity contribution in [3.8, 4) is 0 Å². The monoisotopic (exact) mass is 293 g/mol. The number of carbonyl (C=O) groups is 1. The highest BCUT2D eigenvalue weighted by Crippen LogP contribution is 2.22. The molecule has 0 fully saturated rings. The SMILES string of the molecule is CC(C)NC(=O)c1cccc2cc(S(=O)(=O)O)ccc12. The third-order valence-corrected chi connectivity index (χ3v) is 3.66. The fourth-order valence-corrected chi connectivity index (χ4v) is 2.48. The predicted molar refractivity (Wildman–Crippen MR) is 76.4 cm³/mol. The molecule has 106 valence electrons. The van der Waals surface area contributed by atoms with Gasteiger partial charge in [-0.1, -0.05) is 18.2 Å². The van der Waals surface area contributed by atoms with Gasteiger partial charge in [0.15, 0.2) is 0 Å². The van der Waals surface area contributed by atoms with E-state index in [9.17, 15) is 13.2 Å². The third-order valence-electron chi connectivity index (χ3n) is 2.81. The van der Waals surface area contributed by atoms with Crippen molar-refractivity contribution in [3.05, 3.63) is 42.0 Å².